The number of carbonyl (C=O) groups excluding carboxylic acids is 1. The fourth-order valence-corrected chi connectivity index (χ4v) is 2.46. The maximum atomic E-state index is 12.0. The molecule has 0 saturated carbocycles. The molecule has 1 rings (SSSR count). The zero-order valence-corrected chi connectivity index (χ0v) is 13.5. The van der Waals surface area contributed by atoms with Gasteiger partial charge in [0.05, 0.1) is 13.2 Å². The second kappa shape index (κ2) is 7.84. The van der Waals surface area contributed by atoms with Crippen molar-refractivity contribution < 1.29 is 19.3 Å². The van der Waals surface area contributed by atoms with Gasteiger partial charge in [0.15, 0.2) is 0 Å². The highest BCUT2D eigenvalue weighted by atomic mass is 17.2. The summed E-state index contributed by atoms with van der Waals surface area (Å²) in [6.45, 7) is 9.31. The van der Waals surface area contributed by atoms with E-state index >= 15 is 0 Å². The van der Waals surface area contributed by atoms with Crippen molar-refractivity contribution in [2.24, 2.45) is 5.92 Å². The second-order valence-electron chi connectivity index (χ2n) is 6.44. The van der Waals surface area contributed by atoms with Crippen molar-refractivity contribution in [2.45, 2.75) is 65.1 Å². The molecule has 5 nitrogen and oxygen atoms in total. The van der Waals surface area contributed by atoms with E-state index in [4.69, 9.17) is 14.5 Å². The molecule has 1 saturated heterocycles. The molecule has 0 spiro atoms. The highest BCUT2D eigenvalue weighted by molar-refractivity contribution is 5.68. The number of ether oxygens (including phenoxy) is 1. The van der Waals surface area contributed by atoms with Crippen LogP contribution in [0.5, 0.6) is 0 Å². The standard InChI is InChI=1S/C15H29NO4/c1-6-13(20-18-5)11-12-7-9-16(10-8-12)14(17)19-15(2,3)4/h12-13H,6-11H2,1-5H3. The second-order valence-corrected chi connectivity index (χ2v) is 6.44. The van der Waals surface area contributed by atoms with Crippen LogP contribution in [0.1, 0.15) is 53.4 Å². The molecule has 5 heteroatoms. The predicted molar refractivity (Wildman–Crippen MR) is 77.3 cm³/mol. The number of nitrogens with zero attached hydrogens (tertiary/aromatic N) is 1. The van der Waals surface area contributed by atoms with E-state index in [1.165, 1.54) is 0 Å². The van der Waals surface area contributed by atoms with Gasteiger partial charge in [-0.15, -0.1) is 0 Å². The minimum atomic E-state index is -0.423. The van der Waals surface area contributed by atoms with Gasteiger partial charge >= 0.3 is 6.09 Å². The molecular weight excluding hydrogens is 258 g/mol. The quantitative estimate of drug-likeness (QED) is 0.574. The van der Waals surface area contributed by atoms with Gasteiger partial charge in [-0.05, 0) is 52.4 Å². The topological polar surface area (TPSA) is 48.0 Å². The van der Waals surface area contributed by atoms with Gasteiger partial charge in [-0.3, -0.25) is 0 Å². The van der Waals surface area contributed by atoms with E-state index in [9.17, 15) is 4.79 Å². The first-order valence-corrected chi connectivity index (χ1v) is 7.53. The average molecular weight is 287 g/mol. The summed E-state index contributed by atoms with van der Waals surface area (Å²) in [4.78, 5) is 23.8. The molecule has 1 aliphatic heterocycles. The molecule has 1 amide bonds. The Balaban J connectivity index is 2.34. The molecule has 1 fully saturated rings. The summed E-state index contributed by atoms with van der Waals surface area (Å²) in [6.07, 6.45) is 3.90. The predicted octanol–water partition coefficient (Wildman–Crippen LogP) is 3.38. The summed E-state index contributed by atoms with van der Waals surface area (Å²) in [6, 6.07) is 0. The summed E-state index contributed by atoms with van der Waals surface area (Å²) in [5.74, 6) is 0.591. The molecule has 0 aromatic carbocycles. The van der Waals surface area contributed by atoms with Crippen LogP contribution in [0.15, 0.2) is 0 Å². The lowest BCUT2D eigenvalue weighted by Crippen LogP contribution is -2.42. The Morgan fingerprint density at radius 1 is 1.30 bits per heavy atom. The monoisotopic (exact) mass is 287 g/mol. The third-order valence-electron chi connectivity index (χ3n) is 3.55. The normalized spacial score (nSPS) is 18.9. The van der Waals surface area contributed by atoms with Crippen LogP contribution in [0.3, 0.4) is 0 Å². The molecule has 1 heterocycles. The number of hydrogen-bond acceptors (Lipinski definition) is 4. The first-order valence-electron chi connectivity index (χ1n) is 7.53. The minimum Gasteiger partial charge on any atom is -0.444 e. The summed E-state index contributed by atoms with van der Waals surface area (Å²) < 4.78 is 5.40. The number of piperidine rings is 1. The lowest BCUT2D eigenvalue weighted by atomic mass is 9.90. The lowest BCUT2D eigenvalue weighted by Gasteiger charge is -2.34. The van der Waals surface area contributed by atoms with Crippen molar-refractivity contribution in [3.8, 4) is 0 Å². The summed E-state index contributed by atoms with van der Waals surface area (Å²) >= 11 is 0. The highest BCUT2D eigenvalue weighted by Gasteiger charge is 2.28. The Kier molecular flexibility index (Phi) is 6.76. The summed E-state index contributed by atoms with van der Waals surface area (Å²) in [5, 5.41) is 0. The Morgan fingerprint density at radius 3 is 2.35 bits per heavy atom. The molecule has 0 aromatic rings. The van der Waals surface area contributed by atoms with Gasteiger partial charge in [0.2, 0.25) is 0 Å². The smallest absolute Gasteiger partial charge is 0.410 e. The SMILES string of the molecule is CCC(CC1CCN(C(=O)OC(C)(C)C)CC1)OOC. The Morgan fingerprint density at radius 2 is 1.90 bits per heavy atom. The molecule has 0 radical (unpaired) electrons. The van der Waals surface area contributed by atoms with Gasteiger partial charge in [0.25, 0.3) is 0 Å². The van der Waals surface area contributed by atoms with E-state index in [0.717, 1.165) is 38.8 Å². The summed E-state index contributed by atoms with van der Waals surface area (Å²) in [5.41, 5.74) is -0.423. The zero-order valence-electron chi connectivity index (χ0n) is 13.5. The van der Waals surface area contributed by atoms with E-state index < -0.39 is 5.60 Å². The van der Waals surface area contributed by atoms with Crippen LogP contribution in [0.25, 0.3) is 0 Å². The Bertz CT molecular complexity index is 293. The minimum absolute atomic E-state index is 0.151. The molecule has 118 valence electrons. The van der Waals surface area contributed by atoms with Crippen LogP contribution in [0.2, 0.25) is 0 Å². The van der Waals surface area contributed by atoms with E-state index in [2.05, 4.69) is 6.92 Å². The maximum absolute atomic E-state index is 12.0. The first kappa shape index (κ1) is 17.2. The van der Waals surface area contributed by atoms with Crippen molar-refractivity contribution in [1.29, 1.82) is 0 Å². The van der Waals surface area contributed by atoms with Gasteiger partial charge in [-0.1, -0.05) is 6.92 Å². The van der Waals surface area contributed by atoms with Crippen molar-refractivity contribution in [2.75, 3.05) is 20.2 Å². The fraction of sp³-hybridized carbons (Fsp3) is 0.933. The van der Waals surface area contributed by atoms with E-state index in [1.54, 1.807) is 12.0 Å². The number of likely N-dealkylation sites (tertiary alicyclic amines) is 1. The van der Waals surface area contributed by atoms with Crippen LogP contribution in [0, 0.1) is 5.92 Å². The zero-order chi connectivity index (χ0) is 15.2. The molecule has 1 atom stereocenters. The van der Waals surface area contributed by atoms with Crippen molar-refractivity contribution in [3.05, 3.63) is 0 Å². The molecule has 20 heavy (non-hydrogen) atoms. The van der Waals surface area contributed by atoms with Crippen LogP contribution in [0.4, 0.5) is 4.79 Å². The summed E-state index contributed by atoms with van der Waals surface area (Å²) in [7, 11) is 1.55. The Labute approximate surface area is 122 Å². The largest absolute Gasteiger partial charge is 0.444 e. The lowest BCUT2D eigenvalue weighted by molar-refractivity contribution is -0.308. The molecule has 0 bridgehead atoms. The van der Waals surface area contributed by atoms with E-state index in [-0.39, 0.29) is 12.2 Å². The first-order chi connectivity index (χ1) is 9.35. The number of hydrogen-bond donors (Lipinski definition) is 0. The van der Waals surface area contributed by atoms with Crippen LogP contribution < -0.4 is 0 Å². The molecule has 1 aliphatic rings. The fourth-order valence-electron chi connectivity index (χ4n) is 2.46. The van der Waals surface area contributed by atoms with Gasteiger partial charge in [-0.25, -0.2) is 14.6 Å². The van der Waals surface area contributed by atoms with Gasteiger partial charge in [0.1, 0.15) is 5.60 Å². The van der Waals surface area contributed by atoms with Crippen molar-refractivity contribution in [3.63, 3.8) is 0 Å². The molecule has 0 N–H and O–H groups in total. The van der Waals surface area contributed by atoms with Gasteiger partial charge in [-0.2, -0.15) is 0 Å². The molecular formula is C15H29NO4. The number of amides is 1. The number of rotatable bonds is 5. The average Bonchev–Trinajstić information content (AvgIpc) is 2.37. The van der Waals surface area contributed by atoms with Gasteiger partial charge < -0.3 is 9.64 Å². The van der Waals surface area contributed by atoms with E-state index in [1.807, 2.05) is 20.8 Å². The maximum Gasteiger partial charge on any atom is 0.410 e. The van der Waals surface area contributed by atoms with Crippen LogP contribution >= 0.6 is 0 Å². The molecule has 0 aliphatic carbocycles. The Hall–Kier alpha value is -0.810. The molecule has 1 unspecified atom stereocenters. The van der Waals surface area contributed by atoms with Crippen molar-refractivity contribution >= 4 is 6.09 Å². The number of carbonyl (C=O) groups is 1. The van der Waals surface area contributed by atoms with E-state index in [0.29, 0.717) is 5.92 Å². The van der Waals surface area contributed by atoms with Crippen molar-refractivity contribution in [1.82, 2.24) is 4.90 Å². The highest BCUT2D eigenvalue weighted by Crippen LogP contribution is 2.25. The molecule has 0 aromatic heterocycles. The van der Waals surface area contributed by atoms with Crippen LogP contribution in [-0.2, 0) is 14.5 Å². The van der Waals surface area contributed by atoms with Gasteiger partial charge in [0, 0.05) is 13.1 Å². The third-order valence-corrected chi connectivity index (χ3v) is 3.55. The van der Waals surface area contributed by atoms with Crippen LogP contribution in [-0.4, -0.2) is 42.9 Å². The third kappa shape index (κ3) is 6.09.